The van der Waals surface area contributed by atoms with Gasteiger partial charge in [0.15, 0.2) is 5.11 Å². The lowest BCUT2D eigenvalue weighted by atomic mass is 10.2. The van der Waals surface area contributed by atoms with Gasteiger partial charge in [-0.2, -0.15) is 5.10 Å². The Kier molecular flexibility index (Phi) is 4.74. The van der Waals surface area contributed by atoms with E-state index in [4.69, 9.17) is 12.2 Å². The molecule has 1 aromatic carbocycles. The third-order valence-electron chi connectivity index (χ3n) is 3.15. The smallest absolute Gasteiger partial charge is 0.171 e. The van der Waals surface area contributed by atoms with Gasteiger partial charge in [0.1, 0.15) is 0 Å². The van der Waals surface area contributed by atoms with Crippen molar-refractivity contribution in [2.75, 3.05) is 5.32 Å². The summed E-state index contributed by atoms with van der Waals surface area (Å²) < 4.78 is 1.96. The summed E-state index contributed by atoms with van der Waals surface area (Å²) >= 11 is 5.35. The van der Waals surface area contributed by atoms with Gasteiger partial charge in [0.05, 0.1) is 11.7 Å². The highest BCUT2D eigenvalue weighted by Gasteiger charge is 2.11. The topological polar surface area (TPSA) is 41.9 Å². The molecule has 2 N–H and O–H groups in total. The summed E-state index contributed by atoms with van der Waals surface area (Å²) in [5.74, 6) is 0. The lowest BCUT2D eigenvalue weighted by Gasteiger charge is -2.18. The largest absolute Gasteiger partial charge is 0.354 e. The van der Waals surface area contributed by atoms with Gasteiger partial charge in [-0.15, -0.1) is 0 Å². The first kappa shape index (κ1) is 14.5. The monoisotopic (exact) mass is 288 g/mol. The van der Waals surface area contributed by atoms with Gasteiger partial charge in [0, 0.05) is 18.4 Å². The number of aromatic nitrogens is 2. The second-order valence-electron chi connectivity index (χ2n) is 4.76. The van der Waals surface area contributed by atoms with Crippen LogP contribution in [0.1, 0.15) is 31.1 Å². The fraction of sp³-hybridized carbons (Fsp3) is 0.333. The zero-order chi connectivity index (χ0) is 14.5. The highest BCUT2D eigenvalue weighted by Crippen LogP contribution is 2.13. The molecule has 1 atom stereocenters. The van der Waals surface area contributed by atoms with E-state index in [1.807, 2.05) is 29.1 Å². The van der Waals surface area contributed by atoms with Crippen molar-refractivity contribution < 1.29 is 0 Å². The number of nitrogens with zero attached hydrogens (tertiary/aromatic N) is 2. The third-order valence-corrected chi connectivity index (χ3v) is 3.37. The van der Waals surface area contributed by atoms with E-state index in [9.17, 15) is 0 Å². The standard InChI is InChI=1S/C15H20N4S/c1-4-19-14(9-10-16-19)12(3)17-15(20)18-13-7-5-11(2)6-8-13/h5-10,12H,4H2,1-3H3,(H2,17,18,20). The minimum Gasteiger partial charge on any atom is -0.354 e. The average molecular weight is 288 g/mol. The van der Waals surface area contributed by atoms with Crippen LogP contribution in [0.2, 0.25) is 0 Å². The molecule has 0 bridgehead atoms. The van der Waals surface area contributed by atoms with Crippen LogP contribution in [-0.4, -0.2) is 14.9 Å². The Morgan fingerprint density at radius 1 is 1.30 bits per heavy atom. The van der Waals surface area contributed by atoms with Gasteiger partial charge in [0.25, 0.3) is 0 Å². The van der Waals surface area contributed by atoms with Crippen molar-refractivity contribution in [3.05, 3.63) is 47.8 Å². The van der Waals surface area contributed by atoms with Crippen LogP contribution >= 0.6 is 12.2 Å². The van der Waals surface area contributed by atoms with Crippen LogP contribution in [0.4, 0.5) is 5.69 Å². The van der Waals surface area contributed by atoms with E-state index < -0.39 is 0 Å². The Morgan fingerprint density at radius 2 is 2.00 bits per heavy atom. The fourth-order valence-electron chi connectivity index (χ4n) is 2.05. The number of hydrogen-bond acceptors (Lipinski definition) is 2. The maximum Gasteiger partial charge on any atom is 0.171 e. The van der Waals surface area contributed by atoms with Gasteiger partial charge < -0.3 is 10.6 Å². The molecule has 0 saturated heterocycles. The molecule has 2 aromatic rings. The van der Waals surface area contributed by atoms with E-state index in [1.54, 1.807) is 0 Å². The Hall–Kier alpha value is -1.88. The van der Waals surface area contributed by atoms with Crippen molar-refractivity contribution in [1.82, 2.24) is 15.1 Å². The lowest BCUT2D eigenvalue weighted by Crippen LogP contribution is -2.32. The van der Waals surface area contributed by atoms with Crippen LogP contribution in [-0.2, 0) is 6.54 Å². The summed E-state index contributed by atoms with van der Waals surface area (Å²) in [6, 6.07) is 10.3. The summed E-state index contributed by atoms with van der Waals surface area (Å²) in [6.07, 6.45) is 1.81. The summed E-state index contributed by atoms with van der Waals surface area (Å²) in [5, 5.41) is 11.4. The van der Waals surface area contributed by atoms with Crippen molar-refractivity contribution in [1.29, 1.82) is 0 Å². The van der Waals surface area contributed by atoms with E-state index >= 15 is 0 Å². The second-order valence-corrected chi connectivity index (χ2v) is 5.17. The molecule has 5 heteroatoms. The Labute approximate surface area is 125 Å². The summed E-state index contributed by atoms with van der Waals surface area (Å²) in [5.41, 5.74) is 3.35. The molecule has 0 spiro atoms. The van der Waals surface area contributed by atoms with Crippen molar-refractivity contribution in [2.45, 2.75) is 33.4 Å². The second kappa shape index (κ2) is 6.52. The fourth-order valence-corrected chi connectivity index (χ4v) is 2.34. The van der Waals surface area contributed by atoms with Crippen molar-refractivity contribution in [3.8, 4) is 0 Å². The number of nitrogens with one attached hydrogen (secondary N) is 2. The minimum atomic E-state index is 0.114. The summed E-state index contributed by atoms with van der Waals surface area (Å²) in [4.78, 5) is 0. The van der Waals surface area contributed by atoms with Crippen LogP contribution < -0.4 is 10.6 Å². The quantitative estimate of drug-likeness (QED) is 0.847. The molecule has 0 saturated carbocycles. The van der Waals surface area contributed by atoms with Crippen LogP contribution in [0.5, 0.6) is 0 Å². The molecule has 0 radical (unpaired) electrons. The van der Waals surface area contributed by atoms with Crippen molar-refractivity contribution >= 4 is 23.0 Å². The van der Waals surface area contributed by atoms with Crippen LogP contribution in [0.15, 0.2) is 36.5 Å². The third kappa shape index (κ3) is 3.57. The van der Waals surface area contributed by atoms with Gasteiger partial charge in [-0.25, -0.2) is 0 Å². The Morgan fingerprint density at radius 3 is 2.65 bits per heavy atom. The number of hydrogen-bond donors (Lipinski definition) is 2. The molecule has 0 amide bonds. The molecule has 1 heterocycles. The van der Waals surface area contributed by atoms with E-state index in [1.165, 1.54) is 5.56 Å². The number of rotatable bonds is 4. The van der Waals surface area contributed by atoms with Gasteiger partial charge in [0.2, 0.25) is 0 Å². The Bertz CT molecular complexity index is 574. The van der Waals surface area contributed by atoms with E-state index in [-0.39, 0.29) is 6.04 Å². The number of aryl methyl sites for hydroxylation is 2. The molecule has 2 rings (SSSR count). The molecular formula is C15H20N4S. The van der Waals surface area contributed by atoms with E-state index in [0.29, 0.717) is 5.11 Å². The normalized spacial score (nSPS) is 11.9. The first-order valence-corrected chi connectivity index (χ1v) is 7.17. The molecule has 0 aliphatic carbocycles. The maximum atomic E-state index is 5.35. The number of thiocarbonyl (C=S) groups is 1. The van der Waals surface area contributed by atoms with Crippen molar-refractivity contribution in [3.63, 3.8) is 0 Å². The zero-order valence-electron chi connectivity index (χ0n) is 12.1. The number of anilines is 1. The predicted octanol–water partition coefficient (Wildman–Crippen LogP) is 3.26. The van der Waals surface area contributed by atoms with Gasteiger partial charge in [-0.3, -0.25) is 4.68 Å². The maximum absolute atomic E-state index is 5.35. The van der Waals surface area contributed by atoms with Crippen LogP contribution in [0.25, 0.3) is 0 Å². The van der Waals surface area contributed by atoms with Gasteiger partial charge >= 0.3 is 0 Å². The van der Waals surface area contributed by atoms with Crippen molar-refractivity contribution in [2.24, 2.45) is 0 Å². The summed E-state index contributed by atoms with van der Waals surface area (Å²) in [6.45, 7) is 7.07. The molecule has 1 aromatic heterocycles. The molecule has 4 nitrogen and oxygen atoms in total. The van der Waals surface area contributed by atoms with Crippen LogP contribution in [0.3, 0.4) is 0 Å². The SMILES string of the molecule is CCn1nccc1C(C)NC(=S)Nc1ccc(C)cc1. The lowest BCUT2D eigenvalue weighted by molar-refractivity contribution is 0.568. The molecule has 20 heavy (non-hydrogen) atoms. The first-order valence-electron chi connectivity index (χ1n) is 6.76. The van der Waals surface area contributed by atoms with Crippen LogP contribution in [0, 0.1) is 6.92 Å². The van der Waals surface area contributed by atoms with E-state index in [0.717, 1.165) is 17.9 Å². The molecule has 1 unspecified atom stereocenters. The average Bonchev–Trinajstić information content (AvgIpc) is 2.89. The molecule has 0 fully saturated rings. The Balaban J connectivity index is 1.96. The first-order chi connectivity index (χ1) is 9.60. The van der Waals surface area contributed by atoms with Gasteiger partial charge in [-0.1, -0.05) is 17.7 Å². The molecule has 106 valence electrons. The number of benzene rings is 1. The highest BCUT2D eigenvalue weighted by molar-refractivity contribution is 7.80. The molecule has 0 aliphatic rings. The summed E-state index contributed by atoms with van der Waals surface area (Å²) in [7, 11) is 0. The molecule has 0 aliphatic heterocycles. The van der Waals surface area contributed by atoms with E-state index in [2.05, 4.69) is 48.6 Å². The predicted molar refractivity (Wildman–Crippen MR) is 86.9 cm³/mol. The molecular weight excluding hydrogens is 268 g/mol. The van der Waals surface area contributed by atoms with Gasteiger partial charge in [-0.05, 0) is 51.2 Å². The highest BCUT2D eigenvalue weighted by atomic mass is 32.1. The minimum absolute atomic E-state index is 0.114. The zero-order valence-corrected chi connectivity index (χ0v) is 12.9.